The molecule has 2 aromatic rings. The van der Waals surface area contributed by atoms with E-state index >= 15 is 0 Å². The molecule has 0 unspecified atom stereocenters. The Morgan fingerprint density at radius 2 is 2.24 bits per heavy atom. The van der Waals surface area contributed by atoms with Crippen LogP contribution in [0.1, 0.15) is 45.0 Å². The van der Waals surface area contributed by atoms with Gasteiger partial charge in [-0.3, -0.25) is 14.6 Å². The van der Waals surface area contributed by atoms with Gasteiger partial charge in [0.1, 0.15) is 0 Å². The highest BCUT2D eigenvalue weighted by atomic mass is 16.2. The molecule has 0 bridgehead atoms. The van der Waals surface area contributed by atoms with Crippen molar-refractivity contribution in [2.45, 2.75) is 38.1 Å². The normalized spacial score (nSPS) is 25.7. The van der Waals surface area contributed by atoms with Gasteiger partial charge in [0.15, 0.2) is 0 Å². The van der Waals surface area contributed by atoms with Gasteiger partial charge in [0.2, 0.25) is 5.91 Å². The van der Waals surface area contributed by atoms with Crippen molar-refractivity contribution < 1.29 is 17.8 Å². The highest BCUT2D eigenvalue weighted by Crippen LogP contribution is 2.45. The summed E-state index contributed by atoms with van der Waals surface area (Å²) in [5.41, 5.74) is 3.60. The van der Waals surface area contributed by atoms with E-state index in [-0.39, 0.29) is 49.8 Å². The van der Waals surface area contributed by atoms with Crippen molar-refractivity contribution in [2.24, 2.45) is 5.92 Å². The van der Waals surface area contributed by atoms with Crippen molar-refractivity contribution in [2.75, 3.05) is 46.7 Å². The lowest BCUT2D eigenvalue weighted by Crippen LogP contribution is -2.55. The number of nitrogens with zero attached hydrogens (tertiary/aromatic N) is 3. The second kappa shape index (κ2) is 10.1. The summed E-state index contributed by atoms with van der Waals surface area (Å²) in [4.78, 5) is 34.0. The lowest BCUT2D eigenvalue weighted by Gasteiger charge is -2.47. The first-order valence-electron chi connectivity index (χ1n) is 14.7. The Balaban J connectivity index is 1.44. The number of hydrogen-bond acceptors (Lipinski definition) is 4. The minimum absolute atomic E-state index is 0.0431. The van der Waals surface area contributed by atoms with Crippen LogP contribution in [0.2, 0.25) is 0 Å². The van der Waals surface area contributed by atoms with E-state index in [0.29, 0.717) is 24.4 Å². The number of carbonyl (C=O) groups is 2. The summed E-state index contributed by atoms with van der Waals surface area (Å²) < 4.78 is 44.7. The van der Waals surface area contributed by atoms with Crippen molar-refractivity contribution in [3.63, 3.8) is 0 Å². The van der Waals surface area contributed by atoms with E-state index in [1.165, 1.54) is 21.4 Å². The number of fused-ring (bicyclic) bond motifs is 2. The molecule has 178 valence electrons. The average Bonchev–Trinajstić information content (AvgIpc) is 3.27. The van der Waals surface area contributed by atoms with Gasteiger partial charge in [-0.1, -0.05) is 18.2 Å². The highest BCUT2D eigenvalue weighted by Gasteiger charge is 2.43. The van der Waals surface area contributed by atoms with Crippen LogP contribution in [0.15, 0.2) is 37.1 Å². The molecular weight excluding hydrogens is 414 g/mol. The van der Waals surface area contributed by atoms with Gasteiger partial charge < -0.3 is 15.2 Å². The summed E-state index contributed by atoms with van der Waals surface area (Å²) in [5, 5.41) is 3.90. The van der Waals surface area contributed by atoms with Crippen LogP contribution < -0.4 is 5.32 Å². The maximum Gasteiger partial charge on any atom is 0.324 e. The Morgan fingerprint density at radius 3 is 3.00 bits per heavy atom. The topological polar surface area (TPSA) is 71.7 Å². The van der Waals surface area contributed by atoms with E-state index in [1.54, 1.807) is 6.92 Å². The average molecular weight is 458 g/mol. The fourth-order valence-corrected chi connectivity index (χ4v) is 5.50. The van der Waals surface area contributed by atoms with E-state index in [2.05, 4.69) is 40.1 Å². The van der Waals surface area contributed by atoms with Gasteiger partial charge in [-0.2, -0.15) is 0 Å². The van der Waals surface area contributed by atoms with Gasteiger partial charge in [-0.15, -0.1) is 6.58 Å². The van der Waals surface area contributed by atoms with Crippen LogP contribution in [-0.4, -0.2) is 84.3 Å². The maximum atomic E-state index is 13.7. The highest BCUT2D eigenvalue weighted by molar-refractivity contribution is 5.96. The summed E-state index contributed by atoms with van der Waals surface area (Å²) >= 11 is 0. The van der Waals surface area contributed by atoms with Gasteiger partial charge >= 0.3 is 6.03 Å². The summed E-state index contributed by atoms with van der Waals surface area (Å²) in [6.07, 6.45) is 5.56. The number of hydrogen-bond donors (Lipinski definition) is 2. The van der Waals surface area contributed by atoms with E-state index < -0.39 is 20.0 Å². The minimum atomic E-state index is -2.78. The fraction of sp³-hybridized carbons (Fsp3) is 0.538. The molecule has 3 amide bonds. The second-order valence-electron chi connectivity index (χ2n) is 8.96. The largest absolute Gasteiger partial charge is 0.361 e. The number of rotatable bonds is 8. The van der Waals surface area contributed by atoms with E-state index in [1.807, 2.05) is 12.1 Å². The quantitative estimate of drug-likeness (QED) is 0.472. The molecule has 7 nitrogen and oxygen atoms in total. The number of imide groups is 1. The SMILES string of the molecule is [2H]C([2H])([2H])N(CCCNC(=O)N(CC)C(=O)[C@@H]1C[C@@H]2c3cccc4[nH]cc(c34)C[C@H]2N(CC=C)C1)C([2H])([2H])[2H]. The Hall–Kier alpha value is -2.64. The first-order valence-corrected chi connectivity index (χ1v) is 11.7. The standard InChI is InChI=1S/C26H37N5O2/c1-5-12-30-17-19(25(32)31(6-2)26(33)27-11-8-13-29(3)4)14-21-20-9-7-10-22-24(20)18(16-28-22)15-23(21)30/h5,7,9-10,16,19,21,23,28H,1,6,8,11-15,17H2,2-4H3,(H,27,33)/t19-,21-,23-/m1/s1/i3D3,4D3. The zero-order chi connectivity index (χ0) is 28.5. The van der Waals surface area contributed by atoms with Crippen molar-refractivity contribution in [1.29, 1.82) is 0 Å². The van der Waals surface area contributed by atoms with Gasteiger partial charge in [0.05, 0.1) is 5.92 Å². The van der Waals surface area contributed by atoms with Gasteiger partial charge in [-0.25, -0.2) is 4.79 Å². The molecule has 1 aliphatic heterocycles. The van der Waals surface area contributed by atoms with Crippen LogP contribution in [0.3, 0.4) is 0 Å². The summed E-state index contributed by atoms with van der Waals surface area (Å²) in [6, 6.07) is 5.92. The Bertz CT molecular complexity index is 1200. The smallest absolute Gasteiger partial charge is 0.324 e. The summed E-state index contributed by atoms with van der Waals surface area (Å²) in [5.74, 6) is -0.484. The molecule has 1 saturated heterocycles. The minimum Gasteiger partial charge on any atom is -0.361 e. The van der Waals surface area contributed by atoms with Crippen molar-refractivity contribution in [3.05, 3.63) is 48.2 Å². The zero-order valence-electron chi connectivity index (χ0n) is 25.1. The first kappa shape index (κ1) is 16.9. The van der Waals surface area contributed by atoms with E-state index in [0.717, 1.165) is 11.9 Å². The molecule has 1 aliphatic carbocycles. The van der Waals surface area contributed by atoms with Crippen LogP contribution in [0.5, 0.6) is 0 Å². The number of likely N-dealkylation sites (tertiary alicyclic amines) is 1. The Morgan fingerprint density at radius 1 is 1.39 bits per heavy atom. The third kappa shape index (κ3) is 4.70. The lowest BCUT2D eigenvalue weighted by atomic mass is 9.72. The van der Waals surface area contributed by atoms with Crippen molar-refractivity contribution in [3.8, 4) is 0 Å². The zero-order valence-corrected chi connectivity index (χ0v) is 19.1. The molecule has 2 N–H and O–H groups in total. The number of urea groups is 1. The number of piperidine rings is 1. The summed E-state index contributed by atoms with van der Waals surface area (Å²) in [7, 11) is 0. The first-order chi connectivity index (χ1) is 18.4. The van der Waals surface area contributed by atoms with Crippen LogP contribution in [0.25, 0.3) is 10.9 Å². The van der Waals surface area contributed by atoms with Crippen molar-refractivity contribution >= 4 is 22.8 Å². The third-order valence-electron chi connectivity index (χ3n) is 6.95. The van der Waals surface area contributed by atoms with Crippen LogP contribution >= 0.6 is 0 Å². The van der Waals surface area contributed by atoms with Crippen molar-refractivity contribution in [1.82, 2.24) is 25.0 Å². The molecule has 0 spiro atoms. The van der Waals surface area contributed by atoms with E-state index in [4.69, 9.17) is 8.22 Å². The number of carbonyl (C=O) groups excluding carboxylic acids is 2. The molecular formula is C26H37N5O2. The molecule has 4 rings (SSSR count). The monoisotopic (exact) mass is 457 g/mol. The molecule has 1 aromatic heterocycles. The Labute approximate surface area is 205 Å². The molecule has 3 atom stereocenters. The second-order valence-corrected chi connectivity index (χ2v) is 8.96. The Kier molecular flexibility index (Phi) is 5.17. The van der Waals surface area contributed by atoms with Crippen LogP contribution in [-0.2, 0) is 11.2 Å². The molecule has 1 aromatic carbocycles. The number of aromatic nitrogens is 1. The predicted molar refractivity (Wildman–Crippen MR) is 132 cm³/mol. The number of aromatic amines is 1. The number of H-pyrrole nitrogens is 1. The maximum absolute atomic E-state index is 13.7. The van der Waals surface area contributed by atoms with Gasteiger partial charge in [0.25, 0.3) is 0 Å². The number of benzene rings is 1. The number of amides is 3. The molecule has 0 radical (unpaired) electrons. The molecule has 7 heteroatoms. The van der Waals surface area contributed by atoms with Crippen LogP contribution in [0.4, 0.5) is 4.79 Å². The van der Waals surface area contributed by atoms with Gasteiger partial charge in [0, 0.05) is 63.5 Å². The molecule has 0 saturated carbocycles. The molecule has 33 heavy (non-hydrogen) atoms. The molecule has 2 heterocycles. The van der Waals surface area contributed by atoms with Gasteiger partial charge in [-0.05, 0) is 63.9 Å². The third-order valence-corrected chi connectivity index (χ3v) is 6.95. The molecule has 2 aliphatic rings. The predicted octanol–water partition coefficient (Wildman–Crippen LogP) is 3.19. The van der Waals surface area contributed by atoms with E-state index in [9.17, 15) is 9.59 Å². The number of nitrogens with one attached hydrogen (secondary N) is 2. The van der Waals surface area contributed by atoms with Crippen LogP contribution in [0, 0.1) is 5.92 Å². The molecule has 1 fully saturated rings. The fourth-order valence-electron chi connectivity index (χ4n) is 5.50. The lowest BCUT2D eigenvalue weighted by molar-refractivity contribution is -0.135. The summed E-state index contributed by atoms with van der Waals surface area (Å²) in [6.45, 7) is 1.25.